The van der Waals surface area contributed by atoms with E-state index >= 15 is 0 Å². The van der Waals surface area contributed by atoms with E-state index in [4.69, 9.17) is 0 Å². The summed E-state index contributed by atoms with van der Waals surface area (Å²) in [4.78, 5) is 34.6. The average Bonchev–Trinajstić information content (AvgIpc) is 2.08. The Kier molecular flexibility index (Phi) is 2.41. The predicted molar refractivity (Wildman–Crippen MR) is 45.9 cm³/mol. The molecule has 13 heavy (non-hydrogen) atoms. The quantitative estimate of drug-likeness (QED) is 0.410. The summed E-state index contributed by atoms with van der Waals surface area (Å²) in [5.74, 6) is -1.19. The van der Waals surface area contributed by atoms with Crippen molar-refractivity contribution in [3.8, 4) is 0 Å². The molecule has 0 bridgehead atoms. The van der Waals surface area contributed by atoms with Crippen molar-refractivity contribution in [2.45, 2.75) is 0 Å². The van der Waals surface area contributed by atoms with Gasteiger partial charge in [0.05, 0.1) is 5.57 Å². The second kappa shape index (κ2) is 3.35. The molecule has 0 saturated carbocycles. The predicted octanol–water partition coefficient (Wildman–Crippen LogP) is -0.291. The van der Waals surface area contributed by atoms with E-state index in [1.165, 1.54) is 19.0 Å². The van der Waals surface area contributed by atoms with Crippen molar-refractivity contribution in [1.82, 2.24) is 4.90 Å². The maximum atomic E-state index is 11.3. The number of amides is 1. The monoisotopic (exact) mass is 179 g/mol. The fourth-order valence-corrected chi connectivity index (χ4v) is 0.917. The molecule has 0 aromatic heterocycles. The Hall–Kier alpha value is -1.71. The van der Waals surface area contributed by atoms with Crippen molar-refractivity contribution in [3.05, 3.63) is 23.8 Å². The van der Waals surface area contributed by atoms with E-state index in [9.17, 15) is 14.4 Å². The lowest BCUT2D eigenvalue weighted by molar-refractivity contribution is -0.127. The normalized spacial score (nSPS) is 15.7. The van der Waals surface area contributed by atoms with Crippen molar-refractivity contribution in [2.75, 3.05) is 14.1 Å². The number of nitrogens with zero attached hydrogens (tertiary/aromatic N) is 1. The van der Waals surface area contributed by atoms with Gasteiger partial charge in [0.15, 0.2) is 11.6 Å². The van der Waals surface area contributed by atoms with Crippen molar-refractivity contribution in [2.24, 2.45) is 0 Å². The first-order valence-corrected chi connectivity index (χ1v) is 3.72. The van der Waals surface area contributed by atoms with Crippen LogP contribution in [0.15, 0.2) is 23.8 Å². The van der Waals surface area contributed by atoms with Gasteiger partial charge in [0.25, 0.3) is 5.91 Å². The van der Waals surface area contributed by atoms with E-state index in [1.54, 1.807) is 0 Å². The van der Waals surface area contributed by atoms with Crippen LogP contribution < -0.4 is 0 Å². The van der Waals surface area contributed by atoms with Gasteiger partial charge in [-0.25, -0.2) is 0 Å². The molecule has 68 valence electrons. The fourth-order valence-electron chi connectivity index (χ4n) is 0.917. The minimum atomic E-state index is -0.442. The van der Waals surface area contributed by atoms with Gasteiger partial charge in [0, 0.05) is 20.2 Å². The van der Waals surface area contributed by atoms with Gasteiger partial charge in [-0.1, -0.05) is 0 Å². The number of allylic oxidation sites excluding steroid dienone is 3. The maximum Gasteiger partial charge on any atom is 0.257 e. The summed E-state index contributed by atoms with van der Waals surface area (Å²) in [5.41, 5.74) is -0.0718. The number of hydrogen-bond acceptors (Lipinski definition) is 3. The average molecular weight is 179 g/mol. The van der Waals surface area contributed by atoms with Gasteiger partial charge < -0.3 is 4.90 Å². The first-order chi connectivity index (χ1) is 6.02. The van der Waals surface area contributed by atoms with Crippen LogP contribution in [0.1, 0.15) is 0 Å². The molecule has 0 aromatic rings. The zero-order valence-corrected chi connectivity index (χ0v) is 7.40. The Morgan fingerprint density at radius 2 is 1.85 bits per heavy atom. The number of likely N-dealkylation sites (N-methyl/N-ethyl adjacent to an activating group) is 1. The van der Waals surface area contributed by atoms with Crippen LogP contribution in [0.3, 0.4) is 0 Å². The topological polar surface area (TPSA) is 54.5 Å². The minimum absolute atomic E-state index is 0.0718. The molecule has 1 aliphatic rings. The molecule has 0 aromatic carbocycles. The summed E-state index contributed by atoms with van der Waals surface area (Å²) in [7, 11) is 3.05. The zero-order chi connectivity index (χ0) is 10.0. The highest BCUT2D eigenvalue weighted by Crippen LogP contribution is 2.07. The second-order valence-electron chi connectivity index (χ2n) is 2.86. The summed E-state index contributed by atoms with van der Waals surface area (Å²) in [6.45, 7) is 0. The molecule has 1 aliphatic carbocycles. The molecule has 1 amide bonds. The summed E-state index contributed by atoms with van der Waals surface area (Å²) in [6, 6.07) is 0. The molecule has 1 rings (SSSR count). The maximum absolute atomic E-state index is 11.3. The number of carbonyl (C=O) groups excluding carboxylic acids is 3. The van der Waals surface area contributed by atoms with Gasteiger partial charge in [0.2, 0.25) is 0 Å². The smallest absolute Gasteiger partial charge is 0.257 e. The lowest BCUT2D eigenvalue weighted by atomic mass is 10.0. The van der Waals surface area contributed by atoms with Crippen molar-refractivity contribution >= 4 is 17.5 Å². The van der Waals surface area contributed by atoms with E-state index in [0.717, 1.165) is 18.2 Å². The molecule has 0 spiro atoms. The SMILES string of the molecule is CN(C)C(=O)C1=CC(=O)C=CC1=O. The van der Waals surface area contributed by atoms with Gasteiger partial charge >= 0.3 is 0 Å². The highest BCUT2D eigenvalue weighted by atomic mass is 16.2. The molecule has 0 fully saturated rings. The van der Waals surface area contributed by atoms with Crippen LogP contribution in [-0.4, -0.2) is 36.5 Å². The number of carbonyl (C=O) groups is 3. The molecule has 4 nitrogen and oxygen atoms in total. The van der Waals surface area contributed by atoms with E-state index in [0.29, 0.717) is 0 Å². The lowest BCUT2D eigenvalue weighted by Gasteiger charge is -2.12. The van der Waals surface area contributed by atoms with E-state index < -0.39 is 11.7 Å². The molecule has 0 atom stereocenters. The van der Waals surface area contributed by atoms with E-state index in [1.807, 2.05) is 0 Å². The highest BCUT2D eigenvalue weighted by molar-refractivity contribution is 6.29. The highest BCUT2D eigenvalue weighted by Gasteiger charge is 2.21. The zero-order valence-electron chi connectivity index (χ0n) is 7.40. The summed E-state index contributed by atoms with van der Waals surface area (Å²) in [5, 5.41) is 0. The molecule has 0 aliphatic heterocycles. The van der Waals surface area contributed by atoms with Crippen LogP contribution in [0.5, 0.6) is 0 Å². The molecule has 0 N–H and O–H groups in total. The molecule has 4 heteroatoms. The van der Waals surface area contributed by atoms with Crippen LogP contribution in [0.2, 0.25) is 0 Å². The standard InChI is InChI=1S/C9H9NO3/c1-10(2)9(13)7-5-6(11)3-4-8(7)12/h3-5H,1-2H3. The number of hydrogen-bond donors (Lipinski definition) is 0. The van der Waals surface area contributed by atoms with E-state index in [-0.39, 0.29) is 11.4 Å². The third kappa shape index (κ3) is 1.90. The Bertz CT molecular complexity index is 337. The van der Waals surface area contributed by atoms with Crippen molar-refractivity contribution < 1.29 is 14.4 Å². The number of rotatable bonds is 1. The molecule has 0 saturated heterocycles. The Balaban J connectivity index is 2.98. The Morgan fingerprint density at radius 3 is 2.38 bits per heavy atom. The third-order valence-electron chi connectivity index (χ3n) is 1.59. The second-order valence-corrected chi connectivity index (χ2v) is 2.86. The lowest BCUT2D eigenvalue weighted by Crippen LogP contribution is -2.28. The Labute approximate surface area is 75.5 Å². The van der Waals surface area contributed by atoms with Crippen LogP contribution in [0, 0.1) is 0 Å². The first kappa shape index (κ1) is 9.38. The molecule has 0 radical (unpaired) electrons. The van der Waals surface area contributed by atoms with Crippen LogP contribution in [-0.2, 0) is 14.4 Å². The van der Waals surface area contributed by atoms with Crippen molar-refractivity contribution in [1.29, 1.82) is 0 Å². The molecule has 0 unspecified atom stereocenters. The molecule has 0 heterocycles. The van der Waals surface area contributed by atoms with Crippen LogP contribution >= 0.6 is 0 Å². The molecular weight excluding hydrogens is 170 g/mol. The summed E-state index contributed by atoms with van der Waals surface area (Å²) in [6.07, 6.45) is 3.32. The van der Waals surface area contributed by atoms with Gasteiger partial charge in [-0.2, -0.15) is 0 Å². The first-order valence-electron chi connectivity index (χ1n) is 3.72. The molecular formula is C9H9NO3. The minimum Gasteiger partial charge on any atom is -0.345 e. The third-order valence-corrected chi connectivity index (χ3v) is 1.59. The van der Waals surface area contributed by atoms with Gasteiger partial charge in [-0.15, -0.1) is 0 Å². The Morgan fingerprint density at radius 1 is 1.23 bits per heavy atom. The largest absolute Gasteiger partial charge is 0.345 e. The van der Waals surface area contributed by atoms with Gasteiger partial charge in [-0.05, 0) is 12.2 Å². The fraction of sp³-hybridized carbons (Fsp3) is 0.222. The summed E-state index contributed by atoms with van der Waals surface area (Å²) < 4.78 is 0. The van der Waals surface area contributed by atoms with E-state index in [2.05, 4.69) is 0 Å². The van der Waals surface area contributed by atoms with Gasteiger partial charge in [-0.3, -0.25) is 14.4 Å². The van der Waals surface area contributed by atoms with Gasteiger partial charge in [0.1, 0.15) is 0 Å². The van der Waals surface area contributed by atoms with Crippen LogP contribution in [0.25, 0.3) is 0 Å². The van der Waals surface area contributed by atoms with Crippen LogP contribution in [0.4, 0.5) is 0 Å². The number of ketones is 2. The van der Waals surface area contributed by atoms with Crippen molar-refractivity contribution in [3.63, 3.8) is 0 Å². The summed E-state index contributed by atoms with van der Waals surface area (Å²) >= 11 is 0.